The summed E-state index contributed by atoms with van der Waals surface area (Å²) >= 11 is 0. The second-order valence-corrected chi connectivity index (χ2v) is 8.81. The maximum atomic E-state index is 12.9. The van der Waals surface area contributed by atoms with Crippen molar-refractivity contribution in [2.75, 3.05) is 19.0 Å². The maximum Gasteiger partial charge on any atom is 0.337 e. The second-order valence-electron chi connectivity index (χ2n) is 8.81. The molecule has 3 rings (SSSR count). The van der Waals surface area contributed by atoms with E-state index in [1.807, 2.05) is 25.1 Å². The quantitative estimate of drug-likeness (QED) is 0.417. The van der Waals surface area contributed by atoms with Crippen molar-refractivity contribution in [1.82, 2.24) is 0 Å². The summed E-state index contributed by atoms with van der Waals surface area (Å²) in [5.74, 6) is 0.778. The molecule has 0 aliphatic rings. The molecular formula is C28H31NO5. The van der Waals surface area contributed by atoms with E-state index in [0.717, 1.165) is 16.9 Å². The van der Waals surface area contributed by atoms with Crippen molar-refractivity contribution in [2.24, 2.45) is 0 Å². The SMILES string of the molecule is CCOc1ccc(C(=O)Nc2ccc(C(=O)OC)cc2)cc1COc1ccccc1C(C)(C)C. The van der Waals surface area contributed by atoms with Gasteiger partial charge in [-0.3, -0.25) is 4.79 Å². The van der Waals surface area contributed by atoms with Crippen LogP contribution >= 0.6 is 0 Å². The van der Waals surface area contributed by atoms with E-state index in [1.54, 1.807) is 42.5 Å². The van der Waals surface area contributed by atoms with Crippen molar-refractivity contribution in [3.63, 3.8) is 0 Å². The number of carbonyl (C=O) groups is 2. The van der Waals surface area contributed by atoms with Crippen LogP contribution in [0.2, 0.25) is 0 Å². The van der Waals surface area contributed by atoms with Crippen molar-refractivity contribution < 1.29 is 23.8 Å². The first kappa shape index (κ1) is 24.8. The van der Waals surface area contributed by atoms with Gasteiger partial charge in [0.2, 0.25) is 0 Å². The topological polar surface area (TPSA) is 73.9 Å². The molecule has 1 N–H and O–H groups in total. The van der Waals surface area contributed by atoms with Gasteiger partial charge >= 0.3 is 5.97 Å². The monoisotopic (exact) mass is 461 g/mol. The lowest BCUT2D eigenvalue weighted by Gasteiger charge is -2.23. The summed E-state index contributed by atoms with van der Waals surface area (Å²) < 4.78 is 16.6. The lowest BCUT2D eigenvalue weighted by Crippen LogP contribution is -2.14. The number of rotatable bonds is 8. The summed E-state index contributed by atoms with van der Waals surface area (Å²) in [7, 11) is 1.33. The largest absolute Gasteiger partial charge is 0.493 e. The molecule has 1 amide bonds. The number of esters is 1. The van der Waals surface area contributed by atoms with Crippen LogP contribution in [0.15, 0.2) is 66.7 Å². The number of benzene rings is 3. The molecule has 0 heterocycles. The minimum absolute atomic E-state index is 0.0650. The van der Waals surface area contributed by atoms with Gasteiger partial charge in [0, 0.05) is 16.8 Å². The smallest absolute Gasteiger partial charge is 0.337 e. The average Bonchev–Trinajstić information content (AvgIpc) is 2.83. The molecule has 0 aliphatic heterocycles. The van der Waals surface area contributed by atoms with E-state index >= 15 is 0 Å². The molecule has 0 fully saturated rings. The predicted molar refractivity (Wildman–Crippen MR) is 133 cm³/mol. The van der Waals surface area contributed by atoms with Gasteiger partial charge in [-0.05, 0) is 66.4 Å². The Morgan fingerprint density at radius 1 is 0.853 bits per heavy atom. The summed E-state index contributed by atoms with van der Waals surface area (Å²) in [5.41, 5.74) is 3.28. The molecular weight excluding hydrogens is 430 g/mol. The highest BCUT2D eigenvalue weighted by Gasteiger charge is 2.19. The van der Waals surface area contributed by atoms with Gasteiger partial charge in [-0.1, -0.05) is 39.0 Å². The van der Waals surface area contributed by atoms with E-state index in [-0.39, 0.29) is 17.9 Å². The van der Waals surface area contributed by atoms with Gasteiger partial charge in [0.25, 0.3) is 5.91 Å². The minimum atomic E-state index is -0.429. The van der Waals surface area contributed by atoms with E-state index in [1.165, 1.54) is 7.11 Å². The van der Waals surface area contributed by atoms with Gasteiger partial charge in [-0.15, -0.1) is 0 Å². The zero-order valence-electron chi connectivity index (χ0n) is 20.3. The zero-order valence-corrected chi connectivity index (χ0v) is 20.3. The Morgan fingerprint density at radius 3 is 2.18 bits per heavy atom. The highest BCUT2D eigenvalue weighted by atomic mass is 16.5. The Kier molecular flexibility index (Phi) is 7.95. The first-order valence-electron chi connectivity index (χ1n) is 11.2. The van der Waals surface area contributed by atoms with Crippen LogP contribution < -0.4 is 14.8 Å². The van der Waals surface area contributed by atoms with E-state index in [9.17, 15) is 9.59 Å². The number of para-hydroxylation sites is 1. The normalized spacial score (nSPS) is 11.0. The number of nitrogens with one attached hydrogen (secondary N) is 1. The molecule has 0 radical (unpaired) electrons. The van der Waals surface area contributed by atoms with E-state index < -0.39 is 5.97 Å². The van der Waals surface area contributed by atoms with Gasteiger partial charge in [0.1, 0.15) is 18.1 Å². The third-order valence-electron chi connectivity index (χ3n) is 5.26. The Bertz CT molecular complexity index is 1150. The summed E-state index contributed by atoms with van der Waals surface area (Å²) in [4.78, 5) is 24.5. The molecule has 0 saturated heterocycles. The lowest BCUT2D eigenvalue weighted by atomic mass is 9.86. The molecule has 0 bridgehead atoms. The average molecular weight is 462 g/mol. The summed E-state index contributed by atoms with van der Waals surface area (Å²) in [6.07, 6.45) is 0. The molecule has 0 saturated carbocycles. The van der Waals surface area contributed by atoms with Gasteiger partial charge in [0.05, 0.1) is 19.3 Å². The molecule has 3 aromatic rings. The molecule has 178 valence electrons. The van der Waals surface area contributed by atoms with Crippen LogP contribution in [-0.2, 0) is 16.8 Å². The first-order valence-corrected chi connectivity index (χ1v) is 11.2. The number of hydrogen-bond acceptors (Lipinski definition) is 5. The third kappa shape index (κ3) is 6.16. The molecule has 3 aromatic carbocycles. The third-order valence-corrected chi connectivity index (χ3v) is 5.26. The van der Waals surface area contributed by atoms with Crippen LogP contribution in [0.5, 0.6) is 11.5 Å². The Labute approximate surface area is 200 Å². The van der Waals surface area contributed by atoms with Gasteiger partial charge in [-0.25, -0.2) is 4.79 Å². The highest BCUT2D eigenvalue weighted by molar-refractivity contribution is 6.04. The van der Waals surface area contributed by atoms with Crippen LogP contribution in [0.25, 0.3) is 0 Å². The maximum absolute atomic E-state index is 12.9. The number of amides is 1. The van der Waals surface area contributed by atoms with Crippen LogP contribution in [0.3, 0.4) is 0 Å². The van der Waals surface area contributed by atoms with Crippen molar-refractivity contribution in [1.29, 1.82) is 0 Å². The molecule has 0 aromatic heterocycles. The van der Waals surface area contributed by atoms with Gasteiger partial charge < -0.3 is 19.5 Å². The van der Waals surface area contributed by atoms with E-state index in [4.69, 9.17) is 14.2 Å². The minimum Gasteiger partial charge on any atom is -0.493 e. The van der Waals surface area contributed by atoms with Crippen molar-refractivity contribution in [2.45, 2.75) is 39.7 Å². The van der Waals surface area contributed by atoms with Crippen LogP contribution in [0.1, 0.15) is 59.5 Å². The fourth-order valence-electron chi connectivity index (χ4n) is 3.51. The molecule has 6 nitrogen and oxygen atoms in total. The lowest BCUT2D eigenvalue weighted by molar-refractivity contribution is 0.0600. The highest BCUT2D eigenvalue weighted by Crippen LogP contribution is 2.32. The van der Waals surface area contributed by atoms with Crippen LogP contribution in [0, 0.1) is 0 Å². The second kappa shape index (κ2) is 10.9. The first-order chi connectivity index (χ1) is 16.2. The Morgan fingerprint density at radius 2 is 1.53 bits per heavy atom. The van der Waals surface area contributed by atoms with Crippen molar-refractivity contribution >= 4 is 17.6 Å². The number of carbonyl (C=O) groups excluding carboxylic acids is 2. The van der Waals surface area contributed by atoms with Crippen molar-refractivity contribution in [3.05, 3.63) is 89.0 Å². The summed E-state index contributed by atoms with van der Waals surface area (Å²) in [6.45, 7) is 9.11. The zero-order chi connectivity index (χ0) is 24.7. The molecule has 0 aliphatic carbocycles. The number of hydrogen-bond donors (Lipinski definition) is 1. The molecule has 0 unspecified atom stereocenters. The van der Waals surface area contributed by atoms with Gasteiger partial charge in [-0.2, -0.15) is 0 Å². The predicted octanol–water partition coefficient (Wildman–Crippen LogP) is 6.00. The molecule has 0 spiro atoms. The fourth-order valence-corrected chi connectivity index (χ4v) is 3.51. The summed E-state index contributed by atoms with van der Waals surface area (Å²) in [6, 6.07) is 19.8. The Hall–Kier alpha value is -3.80. The molecule has 34 heavy (non-hydrogen) atoms. The van der Waals surface area contributed by atoms with Crippen LogP contribution in [0.4, 0.5) is 5.69 Å². The fraction of sp³-hybridized carbons (Fsp3) is 0.286. The van der Waals surface area contributed by atoms with Crippen molar-refractivity contribution in [3.8, 4) is 11.5 Å². The van der Waals surface area contributed by atoms with Gasteiger partial charge in [0.15, 0.2) is 0 Å². The molecule has 0 atom stereocenters. The number of methoxy groups -OCH3 is 1. The number of anilines is 1. The Balaban J connectivity index is 1.79. The number of ether oxygens (including phenoxy) is 3. The van der Waals surface area contributed by atoms with E-state index in [0.29, 0.717) is 29.2 Å². The summed E-state index contributed by atoms with van der Waals surface area (Å²) in [5, 5.41) is 2.85. The molecule has 6 heteroatoms. The van der Waals surface area contributed by atoms with E-state index in [2.05, 4.69) is 32.2 Å². The van der Waals surface area contributed by atoms with Crippen LogP contribution in [-0.4, -0.2) is 25.6 Å². The standard InChI is InChI=1S/C28H31NO5/c1-6-33-24-16-13-20(26(30)29-22-14-11-19(12-15-22)27(31)32-5)17-21(24)18-34-25-10-8-7-9-23(25)28(2,3)4/h7-17H,6,18H2,1-5H3,(H,29,30).